The number of hydrogen-bond donors (Lipinski definition) is 0. The minimum atomic E-state index is -3.51. The average Bonchev–Trinajstić information content (AvgIpc) is 3.00. The summed E-state index contributed by atoms with van der Waals surface area (Å²) >= 11 is 1.20. The van der Waals surface area contributed by atoms with Crippen molar-refractivity contribution in [3.63, 3.8) is 0 Å². The molecule has 0 saturated heterocycles. The molecule has 0 N–H and O–H groups in total. The Balaban J connectivity index is 1.93. The molecule has 21 heavy (non-hydrogen) atoms. The summed E-state index contributed by atoms with van der Waals surface area (Å²) in [6, 6.07) is 3.31. The molecule has 122 valence electrons. The van der Waals surface area contributed by atoms with Crippen LogP contribution in [0.2, 0.25) is 0 Å². The summed E-state index contributed by atoms with van der Waals surface area (Å²) in [5, 5.41) is 1.75. The summed E-state index contributed by atoms with van der Waals surface area (Å²) in [5.41, 5.74) is 0. The Morgan fingerprint density at radius 3 is 2.05 bits per heavy atom. The van der Waals surface area contributed by atoms with E-state index in [0.29, 0.717) is 10.8 Å². The monoisotopic (exact) mass is 332 g/mol. The van der Waals surface area contributed by atoms with Crippen LogP contribution in [-0.4, -0.2) is 15.0 Å². The molecule has 0 amide bonds. The first kappa shape index (κ1) is 18.7. The van der Waals surface area contributed by atoms with Gasteiger partial charge < -0.3 is 0 Å². The molecule has 1 heterocycles. The highest BCUT2D eigenvalue weighted by Crippen LogP contribution is 2.18. The number of hydrogen-bond acceptors (Lipinski definition) is 4. The van der Waals surface area contributed by atoms with Crippen molar-refractivity contribution in [1.82, 2.24) is 0 Å². The fraction of sp³-hybridized carbons (Fsp3) is 0.750. The summed E-state index contributed by atoms with van der Waals surface area (Å²) in [7, 11) is -3.51. The number of rotatable bonds is 13. The third kappa shape index (κ3) is 8.59. The SMILES string of the molecule is CCCCCCCCCCCCOS(=O)(=O)c1cccs1. The van der Waals surface area contributed by atoms with E-state index in [2.05, 4.69) is 6.92 Å². The first-order valence-corrected chi connectivity index (χ1v) is 10.4. The molecule has 0 aliphatic heterocycles. The normalized spacial score (nSPS) is 11.9. The fourth-order valence-electron chi connectivity index (χ4n) is 2.22. The first-order chi connectivity index (χ1) is 10.2. The van der Waals surface area contributed by atoms with Gasteiger partial charge in [0.1, 0.15) is 4.21 Å². The van der Waals surface area contributed by atoms with E-state index in [0.717, 1.165) is 12.8 Å². The zero-order chi connectivity index (χ0) is 15.4. The second kappa shape index (κ2) is 11.2. The molecule has 0 spiro atoms. The van der Waals surface area contributed by atoms with Gasteiger partial charge in [0.2, 0.25) is 0 Å². The van der Waals surface area contributed by atoms with Crippen molar-refractivity contribution in [1.29, 1.82) is 0 Å². The molecule has 0 unspecified atom stereocenters. The van der Waals surface area contributed by atoms with Crippen molar-refractivity contribution in [2.24, 2.45) is 0 Å². The summed E-state index contributed by atoms with van der Waals surface area (Å²) in [5.74, 6) is 0. The van der Waals surface area contributed by atoms with E-state index < -0.39 is 10.1 Å². The highest BCUT2D eigenvalue weighted by Gasteiger charge is 2.15. The van der Waals surface area contributed by atoms with Gasteiger partial charge in [-0.2, -0.15) is 8.42 Å². The molecular weight excluding hydrogens is 304 g/mol. The third-order valence-corrected chi connectivity index (χ3v) is 6.15. The molecule has 1 aromatic heterocycles. The van der Waals surface area contributed by atoms with Crippen LogP contribution >= 0.6 is 11.3 Å². The minimum Gasteiger partial charge on any atom is -0.266 e. The lowest BCUT2D eigenvalue weighted by molar-refractivity contribution is 0.307. The lowest BCUT2D eigenvalue weighted by Gasteiger charge is -2.04. The Hall–Kier alpha value is -0.390. The van der Waals surface area contributed by atoms with Crippen LogP contribution in [0.4, 0.5) is 0 Å². The van der Waals surface area contributed by atoms with Crippen LogP contribution in [0.25, 0.3) is 0 Å². The van der Waals surface area contributed by atoms with Gasteiger partial charge in [0.25, 0.3) is 0 Å². The van der Waals surface area contributed by atoms with Crippen molar-refractivity contribution >= 4 is 21.5 Å². The molecule has 3 nitrogen and oxygen atoms in total. The molecule has 0 fully saturated rings. The second-order valence-electron chi connectivity index (χ2n) is 5.39. The largest absolute Gasteiger partial charge is 0.306 e. The van der Waals surface area contributed by atoms with Crippen molar-refractivity contribution in [3.05, 3.63) is 17.5 Å². The van der Waals surface area contributed by atoms with Gasteiger partial charge in [0, 0.05) is 0 Å². The van der Waals surface area contributed by atoms with Crippen molar-refractivity contribution in [2.75, 3.05) is 6.61 Å². The van der Waals surface area contributed by atoms with E-state index >= 15 is 0 Å². The summed E-state index contributed by atoms with van der Waals surface area (Å²) in [4.78, 5) is 0. The summed E-state index contributed by atoms with van der Waals surface area (Å²) in [6.45, 7) is 2.54. The Kier molecular flexibility index (Phi) is 9.96. The topological polar surface area (TPSA) is 43.4 Å². The number of unbranched alkanes of at least 4 members (excludes halogenated alkanes) is 9. The molecule has 0 aliphatic rings. The van der Waals surface area contributed by atoms with Crippen molar-refractivity contribution < 1.29 is 12.6 Å². The molecular formula is C16H28O3S2. The van der Waals surface area contributed by atoms with Gasteiger partial charge in [0.05, 0.1) is 6.61 Å². The Labute approximate surface area is 133 Å². The van der Waals surface area contributed by atoms with E-state index in [4.69, 9.17) is 4.18 Å². The Morgan fingerprint density at radius 1 is 0.952 bits per heavy atom. The van der Waals surface area contributed by atoms with E-state index in [1.807, 2.05) is 0 Å². The van der Waals surface area contributed by atoms with Crippen LogP contribution in [-0.2, 0) is 14.3 Å². The van der Waals surface area contributed by atoms with E-state index in [1.54, 1.807) is 17.5 Å². The van der Waals surface area contributed by atoms with E-state index in [9.17, 15) is 8.42 Å². The lowest BCUT2D eigenvalue weighted by Crippen LogP contribution is -2.05. The van der Waals surface area contributed by atoms with Crippen LogP contribution in [0.3, 0.4) is 0 Å². The highest BCUT2D eigenvalue weighted by molar-refractivity contribution is 7.89. The van der Waals surface area contributed by atoms with Gasteiger partial charge >= 0.3 is 10.1 Å². The minimum absolute atomic E-state index is 0.301. The van der Waals surface area contributed by atoms with Gasteiger partial charge in [-0.25, -0.2) is 0 Å². The zero-order valence-electron chi connectivity index (χ0n) is 13.1. The predicted molar refractivity (Wildman–Crippen MR) is 89.3 cm³/mol. The first-order valence-electron chi connectivity index (χ1n) is 8.10. The van der Waals surface area contributed by atoms with E-state index in [-0.39, 0.29) is 0 Å². The van der Waals surface area contributed by atoms with Gasteiger partial charge in [-0.05, 0) is 17.9 Å². The maximum absolute atomic E-state index is 11.7. The number of thiophene rings is 1. The average molecular weight is 333 g/mol. The van der Waals surface area contributed by atoms with Crippen LogP contribution in [0.1, 0.15) is 71.1 Å². The van der Waals surface area contributed by atoms with E-state index in [1.165, 1.54) is 62.7 Å². The van der Waals surface area contributed by atoms with Gasteiger partial charge in [0.15, 0.2) is 0 Å². The van der Waals surface area contributed by atoms with Crippen LogP contribution < -0.4 is 0 Å². The molecule has 1 aromatic rings. The standard InChI is InChI=1S/C16H28O3S2/c1-2-3-4-5-6-7-8-9-10-11-14-19-21(17,18)16-13-12-15-20-16/h12-13,15H,2-11,14H2,1H3. The molecule has 0 saturated carbocycles. The second-order valence-corrected chi connectivity index (χ2v) is 8.18. The van der Waals surface area contributed by atoms with Gasteiger partial charge in [-0.1, -0.05) is 70.8 Å². The quantitative estimate of drug-likeness (QED) is 0.360. The molecule has 0 atom stereocenters. The molecule has 1 rings (SSSR count). The van der Waals surface area contributed by atoms with Crippen LogP contribution in [0, 0.1) is 0 Å². The molecule has 5 heteroatoms. The van der Waals surface area contributed by atoms with Crippen LogP contribution in [0.15, 0.2) is 21.7 Å². The van der Waals surface area contributed by atoms with Crippen molar-refractivity contribution in [3.8, 4) is 0 Å². The van der Waals surface area contributed by atoms with Gasteiger partial charge in [-0.3, -0.25) is 4.18 Å². The van der Waals surface area contributed by atoms with Crippen LogP contribution in [0.5, 0.6) is 0 Å². The molecule has 0 aliphatic carbocycles. The maximum Gasteiger partial charge on any atom is 0.306 e. The molecule has 0 bridgehead atoms. The Bertz CT molecular complexity index is 438. The van der Waals surface area contributed by atoms with Crippen molar-refractivity contribution in [2.45, 2.75) is 75.3 Å². The summed E-state index contributed by atoms with van der Waals surface area (Å²) < 4.78 is 28.8. The van der Waals surface area contributed by atoms with Gasteiger partial charge in [-0.15, -0.1) is 11.3 Å². The zero-order valence-corrected chi connectivity index (χ0v) is 14.7. The third-order valence-electron chi connectivity index (χ3n) is 3.48. The highest BCUT2D eigenvalue weighted by atomic mass is 32.3. The maximum atomic E-state index is 11.7. The summed E-state index contributed by atoms with van der Waals surface area (Å²) in [6.07, 6.45) is 12.3. The predicted octanol–water partition coefficient (Wildman–Crippen LogP) is 5.37. The lowest BCUT2D eigenvalue weighted by atomic mass is 10.1. The molecule has 0 aromatic carbocycles. The molecule has 0 radical (unpaired) electrons. The smallest absolute Gasteiger partial charge is 0.266 e. The Morgan fingerprint density at radius 2 is 1.52 bits per heavy atom. The fourth-order valence-corrected chi connectivity index (χ4v) is 4.15.